The van der Waals surface area contributed by atoms with Crippen molar-refractivity contribution in [2.24, 2.45) is 0 Å². The van der Waals surface area contributed by atoms with Crippen LogP contribution in [0, 0.1) is 0 Å². The quantitative estimate of drug-likeness (QED) is 0.786. The molecule has 1 aromatic carbocycles. The number of aryl methyl sites for hydroxylation is 1. The summed E-state index contributed by atoms with van der Waals surface area (Å²) in [4.78, 5) is 24.4. The van der Waals surface area contributed by atoms with Gasteiger partial charge in [-0.25, -0.2) is 4.79 Å². The van der Waals surface area contributed by atoms with E-state index in [1.807, 2.05) is 13.0 Å². The molecule has 3 N–H and O–H groups in total. The molecule has 25 heavy (non-hydrogen) atoms. The van der Waals surface area contributed by atoms with Crippen LogP contribution in [0.2, 0.25) is 0 Å². The van der Waals surface area contributed by atoms with Crippen molar-refractivity contribution in [2.45, 2.75) is 76.4 Å². The summed E-state index contributed by atoms with van der Waals surface area (Å²) in [6.07, 6.45) is 8.79. The van der Waals surface area contributed by atoms with Crippen LogP contribution in [0.25, 0.3) is 0 Å². The van der Waals surface area contributed by atoms with Crippen LogP contribution in [0.3, 0.4) is 0 Å². The van der Waals surface area contributed by atoms with Crippen LogP contribution in [-0.2, 0) is 11.2 Å². The van der Waals surface area contributed by atoms with Crippen molar-refractivity contribution in [1.29, 1.82) is 0 Å². The topological polar surface area (TPSA) is 70.2 Å². The third-order valence-electron chi connectivity index (χ3n) is 5.39. The molecular formula is C20H29N3O2. The zero-order valence-corrected chi connectivity index (χ0v) is 15.0. The van der Waals surface area contributed by atoms with Gasteiger partial charge in [-0.2, -0.15) is 0 Å². The number of fused-ring (bicyclic) bond motifs is 1. The average molecular weight is 343 g/mol. The van der Waals surface area contributed by atoms with Crippen LogP contribution >= 0.6 is 0 Å². The first-order chi connectivity index (χ1) is 12.1. The maximum atomic E-state index is 12.3. The van der Waals surface area contributed by atoms with Gasteiger partial charge in [0, 0.05) is 12.1 Å². The predicted octanol–water partition coefficient (Wildman–Crippen LogP) is 3.20. The fourth-order valence-corrected chi connectivity index (χ4v) is 3.99. The minimum atomic E-state index is -0.409. The van der Waals surface area contributed by atoms with E-state index in [9.17, 15) is 9.59 Å². The molecule has 0 unspecified atom stereocenters. The molecule has 2 aliphatic carbocycles. The lowest BCUT2D eigenvalue weighted by Crippen LogP contribution is -2.51. The Labute approximate surface area is 150 Å². The normalized spacial score (nSPS) is 21.9. The minimum absolute atomic E-state index is 0.173. The van der Waals surface area contributed by atoms with Crippen LogP contribution in [0.1, 0.15) is 69.0 Å². The molecule has 2 atom stereocenters. The molecule has 0 radical (unpaired) electrons. The Bertz CT molecular complexity index is 611. The number of hydrogen-bond donors (Lipinski definition) is 3. The fraction of sp³-hybridized carbons (Fsp3) is 0.600. The monoisotopic (exact) mass is 343 g/mol. The smallest absolute Gasteiger partial charge is 0.321 e. The van der Waals surface area contributed by atoms with Crippen LogP contribution in [0.5, 0.6) is 0 Å². The fourth-order valence-electron chi connectivity index (χ4n) is 3.99. The number of rotatable bonds is 4. The zero-order valence-electron chi connectivity index (χ0n) is 15.0. The molecule has 3 amide bonds. The lowest BCUT2D eigenvalue weighted by Gasteiger charge is -2.29. The van der Waals surface area contributed by atoms with E-state index in [-0.39, 0.29) is 24.0 Å². The van der Waals surface area contributed by atoms with E-state index in [4.69, 9.17) is 0 Å². The molecule has 0 heterocycles. The van der Waals surface area contributed by atoms with Crippen molar-refractivity contribution in [3.63, 3.8) is 0 Å². The summed E-state index contributed by atoms with van der Waals surface area (Å²) in [7, 11) is 0. The SMILES string of the molecule is C[C@@H](N[C@@H]1CCCc2ccccc21)C(=O)NC(=O)NC1CCCCC1. The number of nitrogens with one attached hydrogen (secondary N) is 3. The molecule has 3 rings (SSSR count). The Hall–Kier alpha value is -1.88. The van der Waals surface area contributed by atoms with Crippen molar-refractivity contribution >= 4 is 11.9 Å². The zero-order chi connectivity index (χ0) is 17.6. The molecule has 1 saturated carbocycles. The first-order valence-corrected chi connectivity index (χ1v) is 9.58. The molecule has 5 nitrogen and oxygen atoms in total. The highest BCUT2D eigenvalue weighted by Crippen LogP contribution is 2.29. The second-order valence-corrected chi connectivity index (χ2v) is 7.33. The number of hydrogen-bond acceptors (Lipinski definition) is 3. The largest absolute Gasteiger partial charge is 0.335 e. The van der Waals surface area contributed by atoms with Gasteiger partial charge in [-0.3, -0.25) is 15.4 Å². The highest BCUT2D eigenvalue weighted by atomic mass is 16.2. The molecule has 0 saturated heterocycles. The second-order valence-electron chi connectivity index (χ2n) is 7.33. The van der Waals surface area contributed by atoms with E-state index >= 15 is 0 Å². The Balaban J connectivity index is 1.50. The summed E-state index contributed by atoms with van der Waals surface area (Å²) in [5, 5.41) is 8.81. The third-order valence-corrected chi connectivity index (χ3v) is 5.39. The predicted molar refractivity (Wildman–Crippen MR) is 98.3 cm³/mol. The van der Waals surface area contributed by atoms with Gasteiger partial charge in [0.1, 0.15) is 0 Å². The van der Waals surface area contributed by atoms with Crippen molar-refractivity contribution in [1.82, 2.24) is 16.0 Å². The molecule has 136 valence electrons. The first kappa shape index (κ1) is 17.9. The van der Waals surface area contributed by atoms with E-state index in [1.165, 1.54) is 17.5 Å². The van der Waals surface area contributed by atoms with Crippen molar-refractivity contribution in [3.05, 3.63) is 35.4 Å². The molecule has 5 heteroatoms. The summed E-state index contributed by atoms with van der Waals surface area (Å²) >= 11 is 0. The number of amides is 3. The average Bonchev–Trinajstić information content (AvgIpc) is 2.62. The lowest BCUT2D eigenvalue weighted by molar-refractivity contribution is -0.121. The molecule has 1 fully saturated rings. The van der Waals surface area contributed by atoms with Crippen LogP contribution < -0.4 is 16.0 Å². The van der Waals surface area contributed by atoms with Gasteiger partial charge in [-0.05, 0) is 50.2 Å². The first-order valence-electron chi connectivity index (χ1n) is 9.58. The molecule has 0 bridgehead atoms. The second kappa shape index (κ2) is 8.48. The third kappa shape index (κ3) is 4.82. The van der Waals surface area contributed by atoms with E-state index in [1.54, 1.807) is 0 Å². The lowest BCUT2D eigenvalue weighted by atomic mass is 9.87. The number of imide groups is 1. The van der Waals surface area contributed by atoms with Gasteiger partial charge < -0.3 is 5.32 Å². The Kier molecular flexibility index (Phi) is 6.08. The standard InChI is InChI=1S/C20H29N3O2/c1-14(19(24)23-20(25)22-16-10-3-2-4-11-16)21-18-13-7-9-15-8-5-6-12-17(15)18/h5-6,8,12,14,16,18,21H,2-4,7,9-11,13H2,1H3,(H2,22,23,24,25)/t14-,18-/m1/s1. The molecule has 2 aliphatic rings. The number of benzene rings is 1. The minimum Gasteiger partial charge on any atom is -0.335 e. The number of carbonyl (C=O) groups excluding carboxylic acids is 2. The maximum absolute atomic E-state index is 12.3. The van der Waals surface area contributed by atoms with E-state index in [0.717, 1.165) is 44.9 Å². The van der Waals surface area contributed by atoms with Gasteiger partial charge in [0.15, 0.2) is 0 Å². The van der Waals surface area contributed by atoms with Gasteiger partial charge in [-0.15, -0.1) is 0 Å². The summed E-state index contributed by atoms with van der Waals surface area (Å²) < 4.78 is 0. The maximum Gasteiger partial charge on any atom is 0.321 e. The molecule has 0 spiro atoms. The summed E-state index contributed by atoms with van der Waals surface area (Å²) in [5.41, 5.74) is 2.63. The Morgan fingerprint density at radius 1 is 1.04 bits per heavy atom. The van der Waals surface area contributed by atoms with Crippen LogP contribution in [0.15, 0.2) is 24.3 Å². The highest BCUT2D eigenvalue weighted by Gasteiger charge is 2.25. The molecule has 0 aromatic heterocycles. The summed E-state index contributed by atoms with van der Waals surface area (Å²) in [6, 6.07) is 8.00. The van der Waals surface area contributed by atoms with E-state index in [2.05, 4.69) is 34.1 Å². The van der Waals surface area contributed by atoms with Crippen molar-refractivity contribution in [2.75, 3.05) is 0 Å². The Morgan fingerprint density at radius 3 is 2.60 bits per heavy atom. The number of carbonyl (C=O) groups is 2. The van der Waals surface area contributed by atoms with Gasteiger partial charge in [0.25, 0.3) is 0 Å². The van der Waals surface area contributed by atoms with Crippen LogP contribution in [-0.4, -0.2) is 24.0 Å². The van der Waals surface area contributed by atoms with Crippen molar-refractivity contribution in [3.8, 4) is 0 Å². The van der Waals surface area contributed by atoms with Gasteiger partial charge in [0.05, 0.1) is 6.04 Å². The van der Waals surface area contributed by atoms with E-state index < -0.39 is 6.04 Å². The van der Waals surface area contributed by atoms with Gasteiger partial charge >= 0.3 is 6.03 Å². The molecule has 0 aliphatic heterocycles. The summed E-state index contributed by atoms with van der Waals surface area (Å²) in [5.74, 6) is -0.267. The van der Waals surface area contributed by atoms with E-state index in [0.29, 0.717) is 0 Å². The van der Waals surface area contributed by atoms with Gasteiger partial charge in [-0.1, -0.05) is 43.5 Å². The molecule has 1 aromatic rings. The summed E-state index contributed by atoms with van der Waals surface area (Å²) in [6.45, 7) is 1.82. The van der Waals surface area contributed by atoms with Gasteiger partial charge in [0.2, 0.25) is 5.91 Å². The highest BCUT2D eigenvalue weighted by molar-refractivity contribution is 5.96. The number of urea groups is 1. The van der Waals surface area contributed by atoms with Crippen LogP contribution in [0.4, 0.5) is 4.79 Å². The Morgan fingerprint density at radius 2 is 1.80 bits per heavy atom. The molecular weight excluding hydrogens is 314 g/mol. The van der Waals surface area contributed by atoms with Crippen molar-refractivity contribution < 1.29 is 9.59 Å².